The fourth-order valence-corrected chi connectivity index (χ4v) is 6.40. The lowest BCUT2D eigenvalue weighted by Gasteiger charge is -2.34. The van der Waals surface area contributed by atoms with Gasteiger partial charge in [0.2, 0.25) is 10.0 Å². The number of nitrogens with zero attached hydrogens (tertiary/aromatic N) is 2. The molecule has 1 saturated heterocycles. The van der Waals surface area contributed by atoms with E-state index in [1.807, 2.05) is 38.1 Å². The van der Waals surface area contributed by atoms with Gasteiger partial charge in [-0.25, -0.2) is 8.42 Å². The highest BCUT2D eigenvalue weighted by molar-refractivity contribution is 7.89. The third-order valence-corrected chi connectivity index (χ3v) is 7.95. The van der Waals surface area contributed by atoms with Gasteiger partial charge in [-0.15, -0.1) is 0 Å². The van der Waals surface area contributed by atoms with Crippen LogP contribution in [-0.4, -0.2) is 56.1 Å². The molecule has 2 unspecified atom stereocenters. The van der Waals surface area contributed by atoms with Crippen LogP contribution in [0.4, 0.5) is 5.82 Å². The molecule has 0 bridgehead atoms. The molecule has 2 heterocycles. The molecule has 0 saturated carbocycles. The molecule has 0 radical (unpaired) electrons. The maximum Gasteiger partial charge on any atom is 0.256 e. The summed E-state index contributed by atoms with van der Waals surface area (Å²) in [6.45, 7) is 4.96. The van der Waals surface area contributed by atoms with Crippen LogP contribution in [0.25, 0.3) is 11.3 Å². The molecule has 2 aromatic carbocycles. The summed E-state index contributed by atoms with van der Waals surface area (Å²) in [7, 11) is -0.849. The molecule has 2 N–H and O–H groups in total. The number of para-hydroxylation sites is 1. The van der Waals surface area contributed by atoms with Gasteiger partial charge in [0.15, 0.2) is 5.82 Å². The summed E-state index contributed by atoms with van der Waals surface area (Å²) >= 11 is 0. The van der Waals surface area contributed by atoms with Crippen LogP contribution >= 0.6 is 0 Å². The highest BCUT2D eigenvalue weighted by Crippen LogP contribution is 2.33. The Balaban J connectivity index is 1.59. The Labute approximate surface area is 205 Å². The number of nitrogens with one attached hydrogen (secondary N) is 2. The summed E-state index contributed by atoms with van der Waals surface area (Å²) in [6.07, 6.45) is 0.978. The van der Waals surface area contributed by atoms with E-state index >= 15 is 0 Å². The molecular weight excluding hydrogens is 468 g/mol. The van der Waals surface area contributed by atoms with Gasteiger partial charge in [-0.1, -0.05) is 26.0 Å². The maximum absolute atomic E-state index is 13.5. The molecule has 9 nitrogen and oxygen atoms in total. The Morgan fingerprint density at radius 1 is 1.03 bits per heavy atom. The van der Waals surface area contributed by atoms with Crippen LogP contribution < -0.4 is 14.8 Å². The van der Waals surface area contributed by atoms with E-state index < -0.39 is 15.9 Å². The molecule has 1 amide bonds. The minimum atomic E-state index is -3.85. The Hall–Kier alpha value is -3.37. The number of benzene rings is 2. The first-order valence-electron chi connectivity index (χ1n) is 11.4. The van der Waals surface area contributed by atoms with Crippen molar-refractivity contribution in [1.82, 2.24) is 14.5 Å². The topological polar surface area (TPSA) is 114 Å². The van der Waals surface area contributed by atoms with Crippen molar-refractivity contribution in [3.8, 4) is 22.8 Å². The normalized spacial score (nSPS) is 18.7. The highest BCUT2D eigenvalue weighted by Gasteiger charge is 2.34. The number of amides is 1. The van der Waals surface area contributed by atoms with Gasteiger partial charge < -0.3 is 14.8 Å². The molecule has 4 rings (SSSR count). The van der Waals surface area contributed by atoms with Gasteiger partial charge in [0.25, 0.3) is 5.91 Å². The van der Waals surface area contributed by atoms with E-state index in [0.717, 1.165) is 12.0 Å². The maximum atomic E-state index is 13.5. The third-order valence-electron chi connectivity index (χ3n) is 6.10. The van der Waals surface area contributed by atoms with Crippen LogP contribution in [0.2, 0.25) is 0 Å². The van der Waals surface area contributed by atoms with Gasteiger partial charge in [-0.3, -0.25) is 9.89 Å². The highest BCUT2D eigenvalue weighted by atomic mass is 32.2. The first kappa shape index (κ1) is 24.7. The minimum absolute atomic E-state index is 0.0225. The molecule has 10 heteroatoms. The predicted molar refractivity (Wildman–Crippen MR) is 133 cm³/mol. The van der Waals surface area contributed by atoms with Crippen molar-refractivity contribution in [2.24, 2.45) is 11.8 Å². The molecule has 1 fully saturated rings. The second-order valence-corrected chi connectivity index (χ2v) is 10.9. The van der Waals surface area contributed by atoms with E-state index in [1.165, 1.54) is 29.6 Å². The molecule has 3 aromatic rings. The summed E-state index contributed by atoms with van der Waals surface area (Å²) in [4.78, 5) is 13.0. The number of H-pyrrole nitrogens is 1. The SMILES string of the molecule is COc1ccccc1-c1cc(NC(=O)c2ccc(OC)c(S(=O)(=O)N3CC(C)CC(C)C3)c2)n[nH]1. The fourth-order valence-electron chi connectivity index (χ4n) is 4.54. The Kier molecular flexibility index (Phi) is 7.13. The van der Waals surface area contributed by atoms with Crippen molar-refractivity contribution in [2.45, 2.75) is 25.2 Å². The Morgan fingerprint density at radius 3 is 2.40 bits per heavy atom. The van der Waals surface area contributed by atoms with Crippen LogP contribution in [0.1, 0.15) is 30.6 Å². The van der Waals surface area contributed by atoms with Crippen molar-refractivity contribution in [3.63, 3.8) is 0 Å². The fraction of sp³-hybridized carbons (Fsp3) is 0.360. The van der Waals surface area contributed by atoms with Crippen molar-refractivity contribution in [3.05, 3.63) is 54.1 Å². The van der Waals surface area contributed by atoms with Crippen LogP contribution in [0.15, 0.2) is 53.4 Å². The Morgan fingerprint density at radius 2 is 1.71 bits per heavy atom. The number of hydrogen-bond acceptors (Lipinski definition) is 6. The monoisotopic (exact) mass is 498 g/mol. The van der Waals surface area contributed by atoms with E-state index in [4.69, 9.17) is 9.47 Å². The number of carbonyl (C=O) groups excluding carboxylic acids is 1. The second-order valence-electron chi connectivity index (χ2n) is 8.95. The summed E-state index contributed by atoms with van der Waals surface area (Å²) in [5, 5.41) is 9.78. The molecule has 1 aliphatic rings. The lowest BCUT2D eigenvalue weighted by molar-refractivity contribution is 0.102. The summed E-state index contributed by atoms with van der Waals surface area (Å²) < 4.78 is 39.2. The van der Waals surface area contributed by atoms with Crippen molar-refractivity contribution >= 4 is 21.7 Å². The number of sulfonamides is 1. The number of carbonyl (C=O) groups is 1. The number of hydrogen-bond donors (Lipinski definition) is 2. The number of rotatable bonds is 7. The van der Waals surface area contributed by atoms with Crippen molar-refractivity contribution in [1.29, 1.82) is 0 Å². The lowest BCUT2D eigenvalue weighted by atomic mass is 9.94. The van der Waals surface area contributed by atoms with E-state index in [0.29, 0.717) is 30.4 Å². The second kappa shape index (κ2) is 10.1. The molecule has 186 valence electrons. The van der Waals surface area contributed by atoms with Crippen LogP contribution in [-0.2, 0) is 10.0 Å². The number of anilines is 1. The van der Waals surface area contributed by atoms with Gasteiger partial charge in [-0.2, -0.15) is 9.40 Å². The Bertz CT molecular complexity index is 1310. The van der Waals surface area contributed by atoms with Gasteiger partial charge in [0.05, 0.1) is 19.9 Å². The smallest absolute Gasteiger partial charge is 0.256 e. The molecular formula is C25H30N4O5S. The zero-order chi connectivity index (χ0) is 25.2. The molecule has 1 aromatic heterocycles. The molecule has 35 heavy (non-hydrogen) atoms. The van der Waals surface area contributed by atoms with Gasteiger partial charge in [0.1, 0.15) is 16.4 Å². The van der Waals surface area contributed by atoms with Crippen LogP contribution in [0.5, 0.6) is 11.5 Å². The number of aromatic nitrogens is 2. The third kappa shape index (κ3) is 5.18. The van der Waals surface area contributed by atoms with Gasteiger partial charge in [-0.05, 0) is 48.6 Å². The largest absolute Gasteiger partial charge is 0.496 e. The van der Waals surface area contributed by atoms with Gasteiger partial charge in [0, 0.05) is 30.3 Å². The van der Waals surface area contributed by atoms with E-state index in [9.17, 15) is 13.2 Å². The molecule has 0 aliphatic carbocycles. The molecule has 1 aliphatic heterocycles. The summed E-state index contributed by atoms with van der Waals surface area (Å²) in [5.41, 5.74) is 1.65. The first-order chi connectivity index (χ1) is 16.7. The van der Waals surface area contributed by atoms with Crippen LogP contribution in [0, 0.1) is 11.8 Å². The lowest BCUT2D eigenvalue weighted by Crippen LogP contribution is -2.42. The molecule has 2 atom stereocenters. The number of ether oxygens (including phenoxy) is 2. The zero-order valence-corrected chi connectivity index (χ0v) is 21.1. The minimum Gasteiger partial charge on any atom is -0.496 e. The average molecular weight is 499 g/mol. The summed E-state index contributed by atoms with van der Waals surface area (Å²) in [6, 6.07) is 13.5. The summed E-state index contributed by atoms with van der Waals surface area (Å²) in [5.74, 6) is 1.19. The van der Waals surface area contributed by atoms with Crippen molar-refractivity contribution < 1.29 is 22.7 Å². The standard InChI is InChI=1S/C25H30N4O5S/c1-16-11-17(2)15-29(14-16)35(31,32)23-12-18(9-10-22(23)34-4)25(30)26-24-13-20(27-28-24)19-7-5-6-8-21(19)33-3/h5-10,12-13,16-17H,11,14-15H2,1-4H3,(H2,26,27,28,30). The van der Waals surface area contributed by atoms with E-state index in [-0.39, 0.29) is 28.0 Å². The number of methoxy groups -OCH3 is 2. The number of aromatic amines is 1. The quantitative estimate of drug-likeness (QED) is 0.509. The van der Waals surface area contributed by atoms with E-state index in [1.54, 1.807) is 13.2 Å². The van der Waals surface area contributed by atoms with Crippen LogP contribution in [0.3, 0.4) is 0 Å². The predicted octanol–water partition coefficient (Wildman–Crippen LogP) is 4.01. The van der Waals surface area contributed by atoms with Gasteiger partial charge >= 0.3 is 0 Å². The molecule has 0 spiro atoms. The average Bonchev–Trinajstić information content (AvgIpc) is 3.31. The van der Waals surface area contributed by atoms with Crippen molar-refractivity contribution in [2.75, 3.05) is 32.6 Å². The zero-order valence-electron chi connectivity index (χ0n) is 20.2. The first-order valence-corrected chi connectivity index (χ1v) is 12.8. The van der Waals surface area contributed by atoms with E-state index in [2.05, 4.69) is 15.5 Å². The number of piperidine rings is 1.